The molecule has 0 radical (unpaired) electrons. The van der Waals surface area contributed by atoms with Gasteiger partial charge in [-0.25, -0.2) is 9.18 Å². The Morgan fingerprint density at radius 1 is 1.30 bits per heavy atom. The summed E-state index contributed by atoms with van der Waals surface area (Å²) in [6.45, 7) is 12.1. The van der Waals surface area contributed by atoms with Gasteiger partial charge in [-0.1, -0.05) is 20.4 Å². The topological polar surface area (TPSA) is 140 Å². The van der Waals surface area contributed by atoms with Gasteiger partial charge in [0, 0.05) is 49.6 Å². The summed E-state index contributed by atoms with van der Waals surface area (Å²) in [5, 5.41) is 21.9. The number of hydrazine groups is 2. The number of piperidine rings is 2. The number of amides is 3. The van der Waals surface area contributed by atoms with E-state index in [-0.39, 0.29) is 66.9 Å². The Hall–Kier alpha value is -2.96. The number of nitriles is 1. The first-order valence-electron chi connectivity index (χ1n) is 16.1. The van der Waals surface area contributed by atoms with Gasteiger partial charge in [-0.15, -0.1) is 5.53 Å². The van der Waals surface area contributed by atoms with Crippen molar-refractivity contribution in [3.63, 3.8) is 0 Å². The second kappa shape index (κ2) is 12.8. The molecule has 6 rings (SSSR count). The highest BCUT2D eigenvalue weighted by atomic mass is 19.1. The molecule has 13 nitrogen and oxygen atoms in total. The number of alkyl halides is 1. The van der Waals surface area contributed by atoms with Gasteiger partial charge >= 0.3 is 6.03 Å². The summed E-state index contributed by atoms with van der Waals surface area (Å²) < 4.78 is 22.8. The maximum atomic E-state index is 16.3. The molecular weight excluding hydrogens is 567 g/mol. The Morgan fingerprint density at radius 3 is 2.86 bits per heavy atom. The van der Waals surface area contributed by atoms with Gasteiger partial charge in [0.2, 0.25) is 5.91 Å². The van der Waals surface area contributed by atoms with Gasteiger partial charge in [-0.3, -0.25) is 20.0 Å². The molecule has 0 aromatic heterocycles. The van der Waals surface area contributed by atoms with Crippen molar-refractivity contribution < 1.29 is 18.7 Å². The van der Waals surface area contributed by atoms with E-state index in [0.717, 1.165) is 31.5 Å². The molecule has 0 aliphatic carbocycles. The van der Waals surface area contributed by atoms with Gasteiger partial charge in [0.25, 0.3) is 0 Å². The minimum absolute atomic E-state index is 0.00458. The quantitative estimate of drug-likeness (QED) is 0.287. The number of hydrogen-bond acceptors (Lipinski definition) is 10. The van der Waals surface area contributed by atoms with Crippen LogP contribution in [0, 0.1) is 23.2 Å². The van der Waals surface area contributed by atoms with Crippen LogP contribution in [0.5, 0.6) is 0 Å². The van der Waals surface area contributed by atoms with Crippen LogP contribution >= 0.6 is 0 Å². The van der Waals surface area contributed by atoms with E-state index in [1.54, 1.807) is 9.91 Å². The number of ether oxygens (including phenoxy) is 1. The van der Waals surface area contributed by atoms with Crippen LogP contribution in [0.4, 0.5) is 9.18 Å². The molecule has 6 aliphatic heterocycles. The first kappa shape index (κ1) is 31.0. The van der Waals surface area contributed by atoms with Gasteiger partial charge in [0.1, 0.15) is 12.3 Å². The van der Waals surface area contributed by atoms with Gasteiger partial charge in [0.05, 0.1) is 43.0 Å². The molecule has 10 unspecified atom stereocenters. The van der Waals surface area contributed by atoms with E-state index in [9.17, 15) is 14.9 Å². The Morgan fingerprint density at radius 2 is 2.11 bits per heavy atom. The number of allylic oxidation sites excluding steroid dienone is 1. The number of nitrogens with zero attached hydrogens (tertiary/aromatic N) is 5. The fraction of sp³-hybridized carbons (Fsp3) is 0.767. The van der Waals surface area contributed by atoms with Gasteiger partial charge in [-0.05, 0) is 51.1 Å². The summed E-state index contributed by atoms with van der Waals surface area (Å²) in [5.74, 6) is -0.298. The minimum Gasteiger partial charge on any atom is -0.376 e. The van der Waals surface area contributed by atoms with Crippen LogP contribution in [0.15, 0.2) is 24.6 Å². The van der Waals surface area contributed by atoms with Crippen molar-refractivity contribution in [2.45, 2.75) is 108 Å². The normalized spacial score (nSPS) is 39.5. The number of carbonyl (C=O) groups is 2. The number of rotatable bonds is 4. The molecule has 0 aromatic carbocycles. The predicted molar refractivity (Wildman–Crippen MR) is 160 cm³/mol. The molecule has 4 fully saturated rings. The standard InChI is InChI=1S/C30H47FN10O3/c1-5-24(42)39-14-18(4)38(16-20(39)8-10-32)27-21-13-22(31)29-34-28(21)41(30(43)35-27)26-23(9-11-33-25(26)17(2)3)44-12-6-7-19-15-40(29)37-36-19/h5,15,17-18,20-23,25-29,33-34,36-37H,1,6-9,11-14,16H2,2-4H3,(H,35,43). The molecule has 0 aromatic rings. The number of fused-ring (bicyclic) bond motifs is 5. The second-order valence-corrected chi connectivity index (χ2v) is 13.3. The zero-order chi connectivity index (χ0) is 31.1. The van der Waals surface area contributed by atoms with Crippen LogP contribution in [-0.2, 0) is 9.53 Å². The van der Waals surface area contributed by atoms with E-state index in [4.69, 9.17) is 4.74 Å². The number of halogens is 1. The number of nitrogens with one attached hydrogen (secondary N) is 5. The van der Waals surface area contributed by atoms with Crippen molar-refractivity contribution in [2.24, 2.45) is 11.8 Å². The zero-order valence-corrected chi connectivity index (χ0v) is 25.9. The third-order valence-electron chi connectivity index (χ3n) is 10.3. The lowest BCUT2D eigenvalue weighted by molar-refractivity contribution is -0.140. The molecule has 242 valence electrons. The number of carbonyl (C=O) groups excluding carboxylic acids is 2. The third-order valence-corrected chi connectivity index (χ3v) is 10.3. The van der Waals surface area contributed by atoms with Crippen molar-refractivity contribution >= 4 is 11.9 Å². The minimum atomic E-state index is -1.24. The highest BCUT2D eigenvalue weighted by molar-refractivity contribution is 5.87. The average Bonchev–Trinajstić information content (AvgIpc) is 3.48. The molecule has 14 heteroatoms. The number of hydrogen-bond donors (Lipinski definition) is 5. The summed E-state index contributed by atoms with van der Waals surface area (Å²) in [6.07, 6.45) is 2.80. The van der Waals surface area contributed by atoms with Crippen molar-refractivity contribution in [2.75, 3.05) is 26.2 Å². The number of piperazine rings is 1. The molecular formula is C30H47FN10O3. The van der Waals surface area contributed by atoms with E-state index in [2.05, 4.69) is 58.3 Å². The lowest BCUT2D eigenvalue weighted by atomic mass is 9.81. The Bertz CT molecular complexity index is 1180. The average molecular weight is 615 g/mol. The largest absolute Gasteiger partial charge is 0.376 e. The summed E-state index contributed by atoms with van der Waals surface area (Å²) in [4.78, 5) is 32.9. The maximum Gasteiger partial charge on any atom is 0.320 e. The zero-order valence-electron chi connectivity index (χ0n) is 25.9. The fourth-order valence-corrected chi connectivity index (χ4v) is 8.19. The first-order chi connectivity index (χ1) is 21.2. The van der Waals surface area contributed by atoms with Crippen LogP contribution in [0.3, 0.4) is 0 Å². The number of urea groups is 1. The third kappa shape index (κ3) is 5.64. The Labute approximate surface area is 259 Å². The van der Waals surface area contributed by atoms with Crippen molar-refractivity contribution in [1.82, 2.24) is 46.6 Å². The first-order valence-corrected chi connectivity index (χ1v) is 16.1. The fourth-order valence-electron chi connectivity index (χ4n) is 8.19. The summed E-state index contributed by atoms with van der Waals surface area (Å²) in [5.41, 5.74) is 7.24. The smallest absolute Gasteiger partial charge is 0.320 e. The van der Waals surface area contributed by atoms with Gasteiger partial charge < -0.3 is 30.6 Å². The van der Waals surface area contributed by atoms with Gasteiger partial charge in [-0.2, -0.15) is 5.26 Å². The van der Waals surface area contributed by atoms with Crippen molar-refractivity contribution in [3.05, 3.63) is 24.6 Å². The van der Waals surface area contributed by atoms with Crippen LogP contribution in [0.2, 0.25) is 0 Å². The molecule has 6 aliphatic rings. The summed E-state index contributed by atoms with van der Waals surface area (Å²) >= 11 is 0. The summed E-state index contributed by atoms with van der Waals surface area (Å²) in [6, 6.07) is 1.23. The monoisotopic (exact) mass is 614 g/mol. The lowest BCUT2D eigenvalue weighted by Gasteiger charge is -2.59. The van der Waals surface area contributed by atoms with Crippen LogP contribution < -0.4 is 26.9 Å². The van der Waals surface area contributed by atoms with E-state index in [1.807, 2.05) is 18.0 Å². The van der Waals surface area contributed by atoms with Gasteiger partial charge in [0.15, 0.2) is 0 Å². The Kier molecular flexibility index (Phi) is 9.03. The highest BCUT2D eigenvalue weighted by Crippen LogP contribution is 2.39. The van der Waals surface area contributed by atoms with E-state index in [1.165, 1.54) is 6.08 Å². The summed E-state index contributed by atoms with van der Waals surface area (Å²) in [7, 11) is 0. The molecule has 10 atom stereocenters. The molecule has 0 spiro atoms. The highest BCUT2D eigenvalue weighted by Gasteiger charge is 2.56. The van der Waals surface area contributed by atoms with E-state index in [0.29, 0.717) is 19.7 Å². The lowest BCUT2D eigenvalue weighted by Crippen LogP contribution is -2.81. The predicted octanol–water partition coefficient (Wildman–Crippen LogP) is 0.670. The van der Waals surface area contributed by atoms with Crippen molar-refractivity contribution in [1.29, 1.82) is 5.26 Å². The van der Waals surface area contributed by atoms with E-state index >= 15 is 4.39 Å². The molecule has 44 heavy (non-hydrogen) atoms. The molecule has 4 saturated heterocycles. The molecule has 5 N–H and O–H groups in total. The molecule has 0 saturated carbocycles. The van der Waals surface area contributed by atoms with Crippen LogP contribution in [-0.4, -0.2) is 113 Å². The van der Waals surface area contributed by atoms with Crippen LogP contribution in [0.1, 0.15) is 52.9 Å². The molecule has 4 bridgehead atoms. The van der Waals surface area contributed by atoms with E-state index < -0.39 is 24.7 Å². The maximum absolute atomic E-state index is 16.3. The van der Waals surface area contributed by atoms with Crippen molar-refractivity contribution in [3.8, 4) is 6.07 Å². The second-order valence-electron chi connectivity index (χ2n) is 13.3. The SMILES string of the molecule is C=CC(=O)N1CC(C)N(C2NC(=O)N3C4NC(C(F)CC24)N2C=C(CCCOC4CCNC(C(C)C)C43)NN2)CC1CC#N. The Balaban J connectivity index is 1.37. The van der Waals surface area contributed by atoms with Crippen LogP contribution in [0.25, 0.3) is 0 Å². The molecule has 3 amide bonds. The molecule has 6 heterocycles.